The van der Waals surface area contributed by atoms with Crippen molar-refractivity contribution in [2.45, 2.75) is 6.92 Å². The van der Waals surface area contributed by atoms with Gasteiger partial charge in [-0.25, -0.2) is 4.89 Å². The van der Waals surface area contributed by atoms with Crippen LogP contribution in [0.3, 0.4) is 0 Å². The Labute approximate surface area is 84.7 Å². The summed E-state index contributed by atoms with van der Waals surface area (Å²) in [6, 6.07) is 0. The van der Waals surface area contributed by atoms with E-state index in [4.69, 9.17) is 5.26 Å². The molecule has 2 nitrogen and oxygen atoms in total. The Bertz CT molecular complexity index is 18.0. The van der Waals surface area contributed by atoms with Gasteiger partial charge >= 0.3 is 59.1 Å². The summed E-state index contributed by atoms with van der Waals surface area (Å²) < 4.78 is 0. The van der Waals surface area contributed by atoms with E-state index in [0.717, 1.165) is 0 Å². The van der Waals surface area contributed by atoms with Crippen LogP contribution in [0.25, 0.3) is 0 Å². The quantitative estimate of drug-likeness (QED) is 0.207. The number of hydrogen-bond acceptors (Lipinski definition) is 2. The first-order chi connectivity index (χ1) is 1.91. The van der Waals surface area contributed by atoms with Gasteiger partial charge in [-0.3, -0.25) is 5.26 Å². The van der Waals surface area contributed by atoms with Gasteiger partial charge < -0.3 is 2.85 Å². The molecule has 6 heavy (non-hydrogen) atoms. The molecular weight excluding hydrogens is 102 g/mol. The fraction of sp³-hybridized carbons (Fsp3) is 1.00. The summed E-state index contributed by atoms with van der Waals surface area (Å²) in [5, 5.41) is 7.38. The molecule has 0 aliphatic carbocycles. The molecule has 0 aliphatic rings. The maximum atomic E-state index is 7.38. The number of hydrogen-bond donors (Lipinski definition) is 1. The summed E-state index contributed by atoms with van der Waals surface area (Å²) in [5.74, 6) is 0. The zero-order chi connectivity index (χ0) is 3.41. The maximum Gasteiger partial charge on any atom is 1.00 e. The molecule has 0 aromatic rings. The molecule has 0 saturated carbocycles. The molecule has 0 amide bonds. The van der Waals surface area contributed by atoms with Gasteiger partial charge in [0.15, 0.2) is 0 Å². The van der Waals surface area contributed by atoms with Gasteiger partial charge in [0, 0.05) is 0 Å². The zero-order valence-electron chi connectivity index (χ0n) is 6.56. The molecule has 1 N–H and O–H groups in total. The Balaban J connectivity index is -0.00000000750. The maximum absolute atomic E-state index is 7.38. The van der Waals surface area contributed by atoms with Gasteiger partial charge in [-0.1, -0.05) is 0 Å². The van der Waals surface area contributed by atoms with E-state index in [1.165, 1.54) is 0 Å². The van der Waals surface area contributed by atoms with E-state index in [-0.39, 0.29) is 62.0 Å². The summed E-state index contributed by atoms with van der Waals surface area (Å²) in [4.78, 5) is 3.54. The summed E-state index contributed by atoms with van der Waals surface area (Å²) >= 11 is 0. The van der Waals surface area contributed by atoms with E-state index in [2.05, 4.69) is 4.89 Å². The van der Waals surface area contributed by atoms with Crippen molar-refractivity contribution in [3.05, 3.63) is 0 Å². The minimum Gasteiger partial charge on any atom is -1.00 e. The predicted molar refractivity (Wildman–Crippen MR) is 16.5 cm³/mol. The Morgan fingerprint density at radius 2 is 1.83 bits per heavy atom. The molecule has 0 bridgehead atoms. The van der Waals surface area contributed by atoms with Crippen LogP contribution in [0.15, 0.2) is 0 Å². The smallest absolute Gasteiger partial charge is 1.00 e. The van der Waals surface area contributed by atoms with E-state index >= 15 is 0 Å². The normalized spacial score (nSPS) is 5.00. The van der Waals surface area contributed by atoms with Gasteiger partial charge in [0.25, 0.3) is 0 Å². The summed E-state index contributed by atoms with van der Waals surface area (Å²) in [5.41, 5.74) is 0. The molecule has 0 atom stereocenters. The van der Waals surface area contributed by atoms with Crippen molar-refractivity contribution < 1.29 is 72.1 Å². The summed E-state index contributed by atoms with van der Waals surface area (Å²) in [6.45, 7) is 2.08. The monoisotopic (exact) mass is 110 g/mol. The molecule has 0 aliphatic heterocycles. The Morgan fingerprint density at radius 3 is 1.83 bits per heavy atom. The Morgan fingerprint density at radius 1 is 1.67 bits per heavy atom. The van der Waals surface area contributed by atoms with Crippen LogP contribution in [0.2, 0.25) is 0 Å². The van der Waals surface area contributed by atoms with E-state index in [1.807, 2.05) is 0 Å². The molecule has 0 unspecified atom stereocenters. The van der Waals surface area contributed by atoms with Gasteiger partial charge in [-0.2, -0.15) is 0 Å². The molecule has 0 radical (unpaired) electrons. The average molecular weight is 110 g/mol. The third kappa shape index (κ3) is 16.8. The van der Waals surface area contributed by atoms with Gasteiger partial charge in [0.2, 0.25) is 0 Å². The Kier molecular flexibility index (Phi) is 41.2. The van der Waals surface area contributed by atoms with Crippen LogP contribution in [0.5, 0.6) is 0 Å². The van der Waals surface area contributed by atoms with Crippen molar-refractivity contribution in [1.82, 2.24) is 0 Å². The van der Waals surface area contributed by atoms with E-state index in [0.29, 0.717) is 6.61 Å². The van der Waals surface area contributed by atoms with Crippen molar-refractivity contribution in [1.29, 1.82) is 0 Å². The largest absolute Gasteiger partial charge is 1.00 e. The van der Waals surface area contributed by atoms with Crippen LogP contribution in [-0.4, -0.2) is 11.9 Å². The van der Waals surface area contributed by atoms with Gasteiger partial charge in [-0.15, -0.1) is 0 Å². The van der Waals surface area contributed by atoms with Crippen LogP contribution in [0.4, 0.5) is 0 Å². The SMILES string of the molecule is CCOO.[H-].[H-].[Na+].[Na+]. The van der Waals surface area contributed by atoms with Crippen molar-refractivity contribution in [2.24, 2.45) is 0 Å². The van der Waals surface area contributed by atoms with Crippen molar-refractivity contribution in [3.63, 3.8) is 0 Å². The minimum atomic E-state index is 0. The molecule has 0 aromatic heterocycles. The third-order valence-electron chi connectivity index (χ3n) is 0.129. The van der Waals surface area contributed by atoms with E-state index in [1.54, 1.807) is 6.92 Å². The first kappa shape index (κ1) is 15.7. The first-order valence-electron chi connectivity index (χ1n) is 1.18. The topological polar surface area (TPSA) is 29.5 Å². The second-order valence-electron chi connectivity index (χ2n) is 0.418. The standard InChI is InChI=1S/C2H6O2.2Na.2H/c1-2-4-3;;;;/h3H,2H2,1H3;;;;/q;2*+1;2*-1. The van der Waals surface area contributed by atoms with Crippen LogP contribution >= 0.6 is 0 Å². The first-order valence-corrected chi connectivity index (χ1v) is 1.18. The van der Waals surface area contributed by atoms with Gasteiger partial charge in [0.05, 0.1) is 6.61 Å². The molecule has 0 rings (SSSR count). The van der Waals surface area contributed by atoms with Crippen molar-refractivity contribution in [3.8, 4) is 0 Å². The fourth-order valence-corrected chi connectivity index (χ4v) is 0. The number of rotatable bonds is 1. The second kappa shape index (κ2) is 15.8. The fourth-order valence-electron chi connectivity index (χ4n) is 0. The van der Waals surface area contributed by atoms with Crippen molar-refractivity contribution >= 4 is 0 Å². The molecule has 30 valence electrons. The molecule has 0 aromatic carbocycles. The van der Waals surface area contributed by atoms with Crippen LogP contribution < -0.4 is 59.1 Å². The van der Waals surface area contributed by atoms with E-state index < -0.39 is 0 Å². The molecule has 0 heterocycles. The summed E-state index contributed by atoms with van der Waals surface area (Å²) in [7, 11) is 0. The third-order valence-corrected chi connectivity index (χ3v) is 0.129. The molecule has 0 saturated heterocycles. The van der Waals surface area contributed by atoms with Crippen LogP contribution in [0, 0.1) is 0 Å². The Hall–Kier alpha value is 1.92. The minimum absolute atomic E-state index is 0. The molecule has 4 heteroatoms. The summed E-state index contributed by atoms with van der Waals surface area (Å²) in [6.07, 6.45) is 0. The molecule has 0 fully saturated rings. The van der Waals surface area contributed by atoms with E-state index in [9.17, 15) is 0 Å². The zero-order valence-corrected chi connectivity index (χ0v) is 8.56. The average Bonchev–Trinajstić information content (AvgIpc) is 1.37. The predicted octanol–water partition coefficient (Wildman–Crippen LogP) is -5.27. The van der Waals surface area contributed by atoms with Crippen LogP contribution in [-0.2, 0) is 4.89 Å². The van der Waals surface area contributed by atoms with Crippen molar-refractivity contribution in [2.75, 3.05) is 6.61 Å². The molecular formula is C2H8Na2O2. The second-order valence-corrected chi connectivity index (χ2v) is 0.418. The van der Waals surface area contributed by atoms with Crippen LogP contribution in [0.1, 0.15) is 9.78 Å². The van der Waals surface area contributed by atoms with Gasteiger partial charge in [0.1, 0.15) is 0 Å². The molecule has 0 spiro atoms. The van der Waals surface area contributed by atoms with Gasteiger partial charge in [-0.05, 0) is 6.92 Å².